The van der Waals surface area contributed by atoms with Crippen molar-refractivity contribution < 1.29 is 38.2 Å². The van der Waals surface area contributed by atoms with E-state index < -0.39 is 22.5 Å². The topological polar surface area (TPSA) is 149 Å². The molecule has 1 aliphatic heterocycles. The summed E-state index contributed by atoms with van der Waals surface area (Å²) >= 11 is 0. The molecule has 2 unspecified atom stereocenters. The monoisotopic (exact) mass is 763 g/mol. The van der Waals surface area contributed by atoms with Crippen LogP contribution in [0.25, 0.3) is 11.3 Å². The number of halogens is 3. The number of rotatable bonds is 13. The first-order chi connectivity index (χ1) is 25.9. The molecule has 2 fully saturated rings. The largest absolute Gasteiger partial charge is 0.478 e. The van der Waals surface area contributed by atoms with Crippen molar-refractivity contribution in [1.29, 1.82) is 0 Å². The van der Waals surface area contributed by atoms with Gasteiger partial charge in [0.1, 0.15) is 6.61 Å². The Morgan fingerprint density at radius 2 is 1.75 bits per heavy atom. The highest BCUT2D eigenvalue weighted by Crippen LogP contribution is 2.57. The number of hydrogen-bond acceptors (Lipinski definition) is 9. The maximum absolute atomic E-state index is 13.9. The van der Waals surface area contributed by atoms with E-state index in [0.29, 0.717) is 23.4 Å². The molecule has 1 saturated heterocycles. The molecule has 2 aliphatic rings. The maximum Gasteiger partial charge on any atom is 0.398 e. The predicted molar refractivity (Wildman–Crippen MR) is 206 cm³/mol. The van der Waals surface area contributed by atoms with Crippen LogP contribution in [0.3, 0.4) is 0 Å². The highest BCUT2D eigenvalue weighted by molar-refractivity contribution is 6.01. The fourth-order valence-corrected chi connectivity index (χ4v) is 7.22. The van der Waals surface area contributed by atoms with Gasteiger partial charge in [-0.3, -0.25) is 4.99 Å². The van der Waals surface area contributed by atoms with E-state index in [0.717, 1.165) is 54.1 Å². The van der Waals surface area contributed by atoms with Crippen molar-refractivity contribution in [3.05, 3.63) is 101 Å². The zero-order valence-electron chi connectivity index (χ0n) is 31.9. The normalized spacial score (nSPS) is 19.6. The molecule has 5 rings (SSSR count). The number of quaternary nitrogens is 1. The van der Waals surface area contributed by atoms with E-state index in [-0.39, 0.29) is 60.2 Å². The second-order valence-electron chi connectivity index (χ2n) is 14.5. The molecule has 55 heavy (non-hydrogen) atoms. The van der Waals surface area contributed by atoms with Gasteiger partial charge in [-0.1, -0.05) is 67.8 Å². The van der Waals surface area contributed by atoms with Gasteiger partial charge in [-0.25, -0.2) is 9.78 Å². The number of hydrogen-bond donors (Lipinski definition) is 5. The number of nitrogens with one attached hydrogen (secondary N) is 2. The molecule has 0 amide bonds. The molecule has 11 nitrogen and oxygen atoms in total. The van der Waals surface area contributed by atoms with Crippen molar-refractivity contribution in [1.82, 2.24) is 20.2 Å². The molecule has 14 heteroatoms. The molecule has 0 spiro atoms. The first-order valence-electron chi connectivity index (χ1n) is 18.4. The van der Waals surface area contributed by atoms with Crippen LogP contribution in [0.2, 0.25) is 0 Å². The SMILES string of the molecule is C=C(/C=C(\C)C1(C(F)(F)F)CCC1)C(C)=N/C(=C\C)C1CCCCC(COc2cc(-c3c(C)cccc3C)nc(N[N+](O)(O)c3cccc(C(=O)O)c3)n2)N1. The number of aryl methyl sites for hydroxylation is 2. The van der Waals surface area contributed by atoms with Crippen molar-refractivity contribution in [2.75, 3.05) is 12.0 Å². The molecular formula is C41H50F3N6O5+. The summed E-state index contributed by atoms with van der Waals surface area (Å²) in [6.45, 7) is 13.3. The van der Waals surface area contributed by atoms with E-state index in [1.807, 2.05) is 45.0 Å². The lowest BCUT2D eigenvalue weighted by Gasteiger charge is -2.44. The Balaban J connectivity index is 1.36. The molecule has 0 bridgehead atoms. The van der Waals surface area contributed by atoms with Crippen molar-refractivity contribution >= 4 is 23.3 Å². The molecule has 1 aromatic heterocycles. The fraction of sp³-hybridized carbons (Fsp3) is 0.415. The lowest BCUT2D eigenvalue weighted by molar-refractivity contribution is -0.273. The van der Waals surface area contributed by atoms with Crippen LogP contribution >= 0.6 is 0 Å². The first kappa shape index (κ1) is 41.3. The summed E-state index contributed by atoms with van der Waals surface area (Å²) in [7, 11) is 0. The van der Waals surface area contributed by atoms with E-state index in [9.17, 15) is 33.5 Å². The molecule has 1 saturated carbocycles. The van der Waals surface area contributed by atoms with Gasteiger partial charge in [0.2, 0.25) is 11.6 Å². The number of benzene rings is 2. The number of nitrogens with zero attached hydrogens (tertiary/aromatic N) is 4. The molecule has 2 heterocycles. The van der Waals surface area contributed by atoms with E-state index >= 15 is 0 Å². The van der Waals surface area contributed by atoms with Gasteiger partial charge in [0, 0.05) is 41.6 Å². The van der Waals surface area contributed by atoms with E-state index in [2.05, 4.69) is 27.3 Å². The molecule has 2 aromatic carbocycles. The molecule has 5 N–H and O–H groups in total. The minimum absolute atomic E-state index is 0.0868. The number of carbonyl (C=O) groups is 1. The van der Waals surface area contributed by atoms with Crippen molar-refractivity contribution in [3.8, 4) is 17.1 Å². The zero-order chi connectivity index (χ0) is 40.1. The number of ether oxygens (including phenoxy) is 1. The molecule has 1 aliphatic carbocycles. The minimum atomic E-state index is -4.31. The Kier molecular flexibility index (Phi) is 12.7. The van der Waals surface area contributed by atoms with Gasteiger partial charge in [0.05, 0.1) is 27.3 Å². The van der Waals surface area contributed by atoms with Crippen molar-refractivity contribution in [2.24, 2.45) is 10.4 Å². The highest BCUT2D eigenvalue weighted by atomic mass is 19.4. The molecule has 294 valence electrons. The van der Waals surface area contributed by atoms with Gasteiger partial charge in [0.15, 0.2) is 0 Å². The number of anilines is 1. The zero-order valence-corrected chi connectivity index (χ0v) is 31.9. The Hall–Kier alpha value is -4.89. The number of aromatic nitrogens is 2. The van der Waals surface area contributed by atoms with Crippen LogP contribution in [-0.2, 0) is 0 Å². The number of carboxylic acid groups (broad SMARTS) is 1. The third-order valence-electron chi connectivity index (χ3n) is 10.6. The van der Waals surface area contributed by atoms with Gasteiger partial charge in [-0.2, -0.15) is 18.2 Å². The number of alkyl halides is 3. The van der Waals surface area contributed by atoms with Crippen molar-refractivity contribution in [3.63, 3.8) is 0 Å². The van der Waals surface area contributed by atoms with E-state index in [1.54, 1.807) is 13.0 Å². The fourth-order valence-electron chi connectivity index (χ4n) is 7.22. The number of aliphatic imine (C=N–C) groups is 1. The third kappa shape index (κ3) is 9.50. The Labute approximate surface area is 319 Å². The second-order valence-corrected chi connectivity index (χ2v) is 14.5. The first-order valence-corrected chi connectivity index (χ1v) is 18.4. The smallest absolute Gasteiger partial charge is 0.398 e. The van der Waals surface area contributed by atoms with Gasteiger partial charge < -0.3 is 15.2 Å². The standard InChI is InChI=1S/C41H49F3N6O5/c1-7-33(45-29(6)27(4)21-28(5)40(19-12-20-40)41(42,43)44)34-18-9-8-16-31(46-34)24-55-36-23-35(37-25(2)13-10-14-26(37)3)47-39(48-36)49-50(53,54)32-17-11-15-30(22-32)38(51)52/h7,10-11,13-15,17,21-23,31,34,46,53-54H,4,8-9,12,16,18-20,24H2,1-3,5-6H3,(H-,47,48,49,51,52)/p+1/b28-21+,33-7-,45-29?. The summed E-state index contributed by atoms with van der Waals surface area (Å²) in [5, 5.41) is 35.0. The van der Waals surface area contributed by atoms with Crippen LogP contribution in [0.5, 0.6) is 5.88 Å². The lowest BCUT2D eigenvalue weighted by atomic mass is 9.63. The minimum Gasteiger partial charge on any atom is -0.478 e. The Morgan fingerprint density at radius 3 is 2.36 bits per heavy atom. The summed E-state index contributed by atoms with van der Waals surface area (Å²) < 4.78 is 48.1. The van der Waals surface area contributed by atoms with Crippen LogP contribution in [0.1, 0.15) is 87.2 Å². The van der Waals surface area contributed by atoms with Crippen molar-refractivity contribution in [2.45, 2.75) is 97.8 Å². The maximum atomic E-state index is 13.9. The Bertz CT molecular complexity index is 1980. The van der Waals surface area contributed by atoms with Gasteiger partial charge in [-0.15, -0.1) is 15.8 Å². The van der Waals surface area contributed by atoms with Gasteiger partial charge in [-0.05, 0) is 83.1 Å². The number of carboxylic acids is 1. The average Bonchev–Trinajstić information content (AvgIpc) is 3.34. The molecule has 2 atom stereocenters. The molecule has 0 radical (unpaired) electrons. The predicted octanol–water partition coefficient (Wildman–Crippen LogP) is 9.45. The molecule has 3 aromatic rings. The number of aromatic carboxylic acids is 1. The van der Waals surface area contributed by atoms with Gasteiger partial charge >= 0.3 is 12.1 Å². The summed E-state index contributed by atoms with van der Waals surface area (Å²) in [5.74, 6) is -1.25. The van der Waals surface area contributed by atoms with Gasteiger partial charge in [0.25, 0.3) is 5.95 Å². The van der Waals surface area contributed by atoms with E-state index in [4.69, 9.17) is 9.73 Å². The lowest BCUT2D eigenvalue weighted by Crippen LogP contribution is -2.48. The third-order valence-corrected chi connectivity index (χ3v) is 10.6. The average molecular weight is 764 g/mol. The number of allylic oxidation sites excluding steroid dienone is 4. The second kappa shape index (κ2) is 16.9. The van der Waals surface area contributed by atoms with Crippen LogP contribution in [0, 0.1) is 19.3 Å². The van der Waals surface area contributed by atoms with Crippen LogP contribution in [0.4, 0.5) is 24.8 Å². The summed E-state index contributed by atoms with van der Waals surface area (Å²) in [6.07, 6.45) is 3.25. The van der Waals surface area contributed by atoms with Crippen LogP contribution in [-0.4, -0.2) is 62.0 Å². The quantitative estimate of drug-likeness (QED) is 0.0497. The molecular weight excluding hydrogens is 713 g/mol. The summed E-state index contributed by atoms with van der Waals surface area (Å²) in [6, 6.07) is 12.4. The summed E-state index contributed by atoms with van der Waals surface area (Å²) in [5.41, 5.74) is 5.49. The van der Waals surface area contributed by atoms with E-state index in [1.165, 1.54) is 31.2 Å². The highest BCUT2D eigenvalue weighted by Gasteiger charge is 2.59. The van der Waals surface area contributed by atoms with Crippen LogP contribution < -0.4 is 20.4 Å². The Morgan fingerprint density at radius 1 is 1.07 bits per heavy atom. The van der Waals surface area contributed by atoms with Crippen LogP contribution in [0.15, 0.2) is 89.1 Å². The summed E-state index contributed by atoms with van der Waals surface area (Å²) in [4.78, 5) is 23.5.